The van der Waals surface area contributed by atoms with Crippen LogP contribution in [0.25, 0.3) is 0 Å². The molecule has 0 aliphatic heterocycles. The predicted octanol–water partition coefficient (Wildman–Crippen LogP) is 1.02. The number of nitrogen functional groups attached to an aromatic ring is 1. The molecule has 5 nitrogen and oxygen atoms in total. The van der Waals surface area contributed by atoms with E-state index < -0.39 is 0 Å². The van der Waals surface area contributed by atoms with Crippen molar-refractivity contribution in [1.29, 1.82) is 0 Å². The zero-order valence-corrected chi connectivity index (χ0v) is 8.82. The zero-order valence-electron chi connectivity index (χ0n) is 8.82. The molecule has 0 saturated carbocycles. The van der Waals surface area contributed by atoms with Crippen LogP contribution in [-0.4, -0.2) is 28.5 Å². The second-order valence-electron chi connectivity index (χ2n) is 3.41. The molecule has 0 aromatic carbocycles. The third-order valence-electron chi connectivity index (χ3n) is 2.08. The van der Waals surface area contributed by atoms with Gasteiger partial charge in [-0.15, -0.1) is 10.2 Å². The number of rotatable bonds is 7. The highest BCUT2D eigenvalue weighted by atomic mass is 16.2. The molecule has 0 atom stereocenters. The van der Waals surface area contributed by atoms with Crippen LogP contribution in [0.4, 0.5) is 11.6 Å². The Bertz CT molecular complexity index is 263. The minimum atomic E-state index is 0.289. The van der Waals surface area contributed by atoms with Gasteiger partial charge in [-0.2, -0.15) is 0 Å². The van der Waals surface area contributed by atoms with E-state index in [2.05, 4.69) is 15.5 Å². The normalized spacial score (nSPS) is 10.2. The summed E-state index contributed by atoms with van der Waals surface area (Å²) in [6.45, 7) is 1.17. The molecule has 0 fully saturated rings. The highest BCUT2D eigenvalue weighted by Gasteiger charge is 1.94. The number of hydrogen-bond donors (Lipinski definition) is 3. The molecular weight excluding hydrogens is 192 g/mol. The van der Waals surface area contributed by atoms with Gasteiger partial charge < -0.3 is 16.2 Å². The van der Waals surface area contributed by atoms with Crippen molar-refractivity contribution in [3.05, 3.63) is 12.1 Å². The molecule has 1 rings (SSSR count). The van der Waals surface area contributed by atoms with Crippen molar-refractivity contribution >= 4 is 11.6 Å². The Morgan fingerprint density at radius 2 is 1.93 bits per heavy atom. The van der Waals surface area contributed by atoms with Crippen molar-refractivity contribution in [2.24, 2.45) is 0 Å². The first-order chi connectivity index (χ1) is 7.33. The van der Waals surface area contributed by atoms with Crippen molar-refractivity contribution < 1.29 is 5.11 Å². The number of aliphatic hydroxyl groups is 1. The van der Waals surface area contributed by atoms with E-state index >= 15 is 0 Å². The molecule has 0 bridgehead atoms. The largest absolute Gasteiger partial charge is 0.396 e. The first-order valence-corrected chi connectivity index (χ1v) is 5.27. The molecule has 15 heavy (non-hydrogen) atoms. The van der Waals surface area contributed by atoms with Gasteiger partial charge >= 0.3 is 0 Å². The molecule has 1 aromatic rings. The minimum Gasteiger partial charge on any atom is -0.396 e. The Labute approximate surface area is 89.7 Å². The molecule has 4 N–H and O–H groups in total. The average Bonchev–Trinajstić information content (AvgIpc) is 2.26. The van der Waals surface area contributed by atoms with E-state index in [-0.39, 0.29) is 6.61 Å². The number of nitrogens with one attached hydrogen (secondary N) is 1. The van der Waals surface area contributed by atoms with Gasteiger partial charge in [-0.25, -0.2) is 0 Å². The van der Waals surface area contributed by atoms with Crippen LogP contribution in [0, 0.1) is 0 Å². The van der Waals surface area contributed by atoms with Gasteiger partial charge in [0.05, 0.1) is 0 Å². The summed E-state index contributed by atoms with van der Waals surface area (Å²) in [7, 11) is 0. The van der Waals surface area contributed by atoms with Crippen LogP contribution in [-0.2, 0) is 0 Å². The summed E-state index contributed by atoms with van der Waals surface area (Å²) < 4.78 is 0. The number of nitrogens with zero attached hydrogens (tertiary/aromatic N) is 2. The first kappa shape index (κ1) is 11.7. The van der Waals surface area contributed by atoms with Gasteiger partial charge in [0.1, 0.15) is 11.6 Å². The lowest BCUT2D eigenvalue weighted by Crippen LogP contribution is -2.04. The van der Waals surface area contributed by atoms with E-state index in [9.17, 15) is 0 Å². The number of hydrogen-bond acceptors (Lipinski definition) is 5. The van der Waals surface area contributed by atoms with Crippen molar-refractivity contribution in [3.8, 4) is 0 Å². The van der Waals surface area contributed by atoms with E-state index in [1.54, 1.807) is 6.07 Å². The summed E-state index contributed by atoms with van der Waals surface area (Å²) in [5, 5.41) is 19.4. The van der Waals surface area contributed by atoms with Gasteiger partial charge in [0.15, 0.2) is 0 Å². The molecule has 1 aromatic heterocycles. The molecule has 1 heterocycles. The lowest BCUT2D eigenvalue weighted by atomic mass is 10.2. The van der Waals surface area contributed by atoms with Crippen molar-refractivity contribution in [1.82, 2.24) is 10.2 Å². The summed E-state index contributed by atoms with van der Waals surface area (Å²) in [5.74, 6) is 1.19. The number of nitrogens with two attached hydrogens (primary N) is 1. The lowest BCUT2D eigenvalue weighted by molar-refractivity contribution is 0.283. The van der Waals surface area contributed by atoms with Gasteiger partial charge in [-0.05, 0) is 25.0 Å². The summed E-state index contributed by atoms with van der Waals surface area (Å²) in [5.41, 5.74) is 5.41. The number of aromatic nitrogens is 2. The number of anilines is 2. The summed E-state index contributed by atoms with van der Waals surface area (Å²) in [6.07, 6.45) is 4.16. The van der Waals surface area contributed by atoms with E-state index in [4.69, 9.17) is 10.8 Å². The third kappa shape index (κ3) is 5.17. The van der Waals surface area contributed by atoms with E-state index in [1.807, 2.05) is 6.07 Å². The Morgan fingerprint density at radius 1 is 1.13 bits per heavy atom. The molecule has 0 radical (unpaired) electrons. The molecule has 0 unspecified atom stereocenters. The maximum Gasteiger partial charge on any atom is 0.148 e. The van der Waals surface area contributed by atoms with Crippen LogP contribution in [0.1, 0.15) is 25.7 Å². The van der Waals surface area contributed by atoms with Crippen LogP contribution < -0.4 is 11.1 Å². The fraction of sp³-hybridized carbons (Fsp3) is 0.600. The van der Waals surface area contributed by atoms with E-state index in [0.717, 1.165) is 38.0 Å². The van der Waals surface area contributed by atoms with E-state index in [1.165, 1.54) is 0 Å². The second-order valence-corrected chi connectivity index (χ2v) is 3.41. The maximum absolute atomic E-state index is 8.58. The summed E-state index contributed by atoms with van der Waals surface area (Å²) in [6, 6.07) is 3.54. The Kier molecular flexibility index (Phi) is 5.47. The number of unbranched alkanes of at least 4 members (excludes halogenated alkanes) is 3. The summed E-state index contributed by atoms with van der Waals surface area (Å²) in [4.78, 5) is 0. The van der Waals surface area contributed by atoms with Crippen LogP contribution in [0.3, 0.4) is 0 Å². The molecule has 84 valence electrons. The maximum atomic E-state index is 8.58. The molecule has 5 heteroatoms. The van der Waals surface area contributed by atoms with Crippen molar-refractivity contribution in [2.75, 3.05) is 24.2 Å². The molecular formula is C10H18N4O. The Balaban J connectivity index is 2.07. The minimum absolute atomic E-state index is 0.289. The Hall–Kier alpha value is -1.36. The van der Waals surface area contributed by atoms with E-state index in [0.29, 0.717) is 5.82 Å². The second kappa shape index (κ2) is 7.00. The van der Waals surface area contributed by atoms with Crippen molar-refractivity contribution in [2.45, 2.75) is 25.7 Å². The molecule has 0 saturated heterocycles. The predicted molar refractivity (Wildman–Crippen MR) is 60.5 cm³/mol. The first-order valence-electron chi connectivity index (χ1n) is 5.27. The average molecular weight is 210 g/mol. The molecule has 0 amide bonds. The quantitative estimate of drug-likeness (QED) is 0.585. The van der Waals surface area contributed by atoms with Crippen LogP contribution in [0.15, 0.2) is 12.1 Å². The van der Waals surface area contributed by atoms with Gasteiger partial charge in [-0.1, -0.05) is 12.8 Å². The van der Waals surface area contributed by atoms with Crippen molar-refractivity contribution in [3.63, 3.8) is 0 Å². The monoisotopic (exact) mass is 210 g/mol. The fourth-order valence-electron chi connectivity index (χ4n) is 1.24. The highest BCUT2D eigenvalue weighted by molar-refractivity contribution is 5.38. The van der Waals surface area contributed by atoms with Crippen LogP contribution in [0.2, 0.25) is 0 Å². The lowest BCUT2D eigenvalue weighted by Gasteiger charge is -2.04. The molecule has 0 spiro atoms. The smallest absolute Gasteiger partial charge is 0.148 e. The summed E-state index contributed by atoms with van der Waals surface area (Å²) >= 11 is 0. The SMILES string of the molecule is Nc1ccc(NCCCCCCO)nn1. The van der Waals surface area contributed by atoms with Gasteiger partial charge in [0.2, 0.25) is 0 Å². The molecule has 0 aliphatic rings. The zero-order chi connectivity index (χ0) is 10.9. The fourth-order valence-corrected chi connectivity index (χ4v) is 1.24. The van der Waals surface area contributed by atoms with Crippen LogP contribution >= 0.6 is 0 Å². The van der Waals surface area contributed by atoms with Crippen LogP contribution in [0.5, 0.6) is 0 Å². The third-order valence-corrected chi connectivity index (χ3v) is 2.08. The van der Waals surface area contributed by atoms with Gasteiger partial charge in [-0.3, -0.25) is 0 Å². The number of aliphatic hydroxyl groups excluding tert-OH is 1. The van der Waals surface area contributed by atoms with Gasteiger partial charge in [0.25, 0.3) is 0 Å². The topological polar surface area (TPSA) is 84.1 Å². The highest BCUT2D eigenvalue weighted by Crippen LogP contribution is 2.04. The standard InChI is InChI=1S/C10H18N4O/c11-9-5-6-10(14-13-9)12-7-3-1-2-4-8-15/h5-6,15H,1-4,7-8H2,(H2,11,13)(H,12,14). The molecule has 0 aliphatic carbocycles. The Morgan fingerprint density at radius 3 is 2.60 bits per heavy atom. The van der Waals surface area contributed by atoms with Gasteiger partial charge in [0, 0.05) is 13.2 Å².